The summed E-state index contributed by atoms with van der Waals surface area (Å²) in [7, 11) is -2.63. The molecule has 5 rings (SSSR count). The molecule has 4 atom stereocenters. The normalized spacial score (nSPS) is 34.6. The number of piperidine rings is 1. The van der Waals surface area contributed by atoms with E-state index in [1.54, 1.807) is 0 Å². The number of nitrogens with zero attached hydrogens (tertiary/aromatic N) is 2. The molecular weight excluding hydrogens is 384 g/mol. The van der Waals surface area contributed by atoms with Crippen molar-refractivity contribution in [3.63, 3.8) is 0 Å². The number of carbonyl (C=O) groups excluding carboxylic acids is 1. The van der Waals surface area contributed by atoms with Gasteiger partial charge in [0.25, 0.3) is 5.91 Å². The van der Waals surface area contributed by atoms with Crippen molar-refractivity contribution in [2.24, 2.45) is 5.92 Å². The molecule has 2 saturated heterocycles. The van der Waals surface area contributed by atoms with E-state index < -0.39 is 15.3 Å². The van der Waals surface area contributed by atoms with Gasteiger partial charge in [-0.1, -0.05) is 6.42 Å². The van der Waals surface area contributed by atoms with E-state index in [1.165, 1.54) is 19.3 Å². The van der Waals surface area contributed by atoms with Gasteiger partial charge in [-0.15, -0.1) is 0 Å². The zero-order chi connectivity index (χ0) is 20.4. The minimum atomic E-state index is -2.63. The summed E-state index contributed by atoms with van der Waals surface area (Å²) >= 11 is 0. The molecule has 1 aromatic carbocycles. The van der Waals surface area contributed by atoms with E-state index in [9.17, 15) is 9.00 Å². The summed E-state index contributed by atoms with van der Waals surface area (Å²) in [5, 5.41) is 0. The fraction of sp³-hybridized carbons (Fsp3) is 0.652. The minimum Gasteiger partial charge on any atom is -0.360 e. The van der Waals surface area contributed by atoms with E-state index in [0.717, 1.165) is 42.0 Å². The first-order valence-corrected chi connectivity index (χ1v) is 12.8. The zero-order valence-electron chi connectivity index (χ0n) is 17.6. The molecule has 1 aliphatic carbocycles. The number of benzene rings is 1. The highest BCUT2D eigenvalue weighted by Gasteiger charge is 2.54. The van der Waals surface area contributed by atoms with Gasteiger partial charge in [-0.05, 0) is 82.4 Å². The third kappa shape index (κ3) is 2.98. The van der Waals surface area contributed by atoms with Gasteiger partial charge in [0.2, 0.25) is 0 Å². The van der Waals surface area contributed by atoms with Gasteiger partial charge in [-0.25, -0.2) is 8.51 Å². The first-order chi connectivity index (χ1) is 13.8. The summed E-state index contributed by atoms with van der Waals surface area (Å²) in [4.78, 5) is 16.1. The fourth-order valence-corrected chi connectivity index (χ4v) is 7.78. The molecule has 4 unspecified atom stereocenters. The molecule has 1 saturated carbocycles. The van der Waals surface area contributed by atoms with Crippen LogP contribution in [0.5, 0.6) is 0 Å². The predicted molar refractivity (Wildman–Crippen MR) is 117 cm³/mol. The molecule has 3 fully saturated rings. The van der Waals surface area contributed by atoms with Gasteiger partial charge in [0.05, 0.1) is 15.4 Å². The lowest BCUT2D eigenvalue weighted by atomic mass is 9.92. The molecule has 3 heterocycles. The summed E-state index contributed by atoms with van der Waals surface area (Å²) in [6.07, 6.45) is 7.24. The number of fused-ring (bicyclic) bond motifs is 2. The van der Waals surface area contributed by atoms with Crippen LogP contribution in [-0.4, -0.2) is 45.5 Å². The number of rotatable bonds is 4. The van der Waals surface area contributed by atoms with Gasteiger partial charge in [-0.2, -0.15) is 0 Å². The molecule has 158 valence electrons. The smallest absolute Gasteiger partial charge is 0.263 e. The van der Waals surface area contributed by atoms with Crippen molar-refractivity contribution in [3.05, 3.63) is 23.8 Å². The topological polar surface area (TPSA) is 49.9 Å². The highest BCUT2D eigenvalue weighted by atomic mass is 32.2. The van der Waals surface area contributed by atoms with Gasteiger partial charge < -0.3 is 9.64 Å². The monoisotopic (exact) mass is 416 g/mol. The van der Waals surface area contributed by atoms with Crippen molar-refractivity contribution >= 4 is 27.2 Å². The van der Waals surface area contributed by atoms with E-state index in [-0.39, 0.29) is 18.0 Å². The summed E-state index contributed by atoms with van der Waals surface area (Å²) in [6.45, 7) is 5.68. The van der Waals surface area contributed by atoms with Crippen LogP contribution >= 0.6 is 0 Å². The molecule has 1 aromatic rings. The fourth-order valence-electron chi connectivity index (χ4n) is 5.58. The SMILES string of the molecule is C=S(=O)(c1ccc2c(c1)C1(CCCO1)C(=O)N2CC1CC1)N1C(C)CCCC1C. The maximum absolute atomic E-state index is 14.0. The second-order valence-corrected chi connectivity index (χ2v) is 11.6. The lowest BCUT2D eigenvalue weighted by Crippen LogP contribution is -2.47. The molecular formula is C23H32N2O3S. The average Bonchev–Trinajstić information content (AvgIpc) is 3.31. The third-order valence-electron chi connectivity index (χ3n) is 7.27. The Morgan fingerprint density at radius 1 is 1.17 bits per heavy atom. The Hall–Kier alpha value is -1.37. The first kappa shape index (κ1) is 19.6. The number of ether oxygens (including phenoxy) is 1. The standard InChI is InChI=1S/C23H32N2O3S/c1-16-6-4-7-17(2)25(16)29(3,27)19-10-11-21-20(14-19)23(12-5-13-28-23)22(26)24(21)15-18-8-9-18/h10-11,14,16-18H,3-9,12-13,15H2,1-2H3. The van der Waals surface area contributed by atoms with Crippen molar-refractivity contribution < 1.29 is 13.7 Å². The Labute approximate surface area is 174 Å². The summed E-state index contributed by atoms with van der Waals surface area (Å²) < 4.78 is 22.2. The Morgan fingerprint density at radius 3 is 2.52 bits per heavy atom. The van der Waals surface area contributed by atoms with Crippen LogP contribution in [0.25, 0.3) is 0 Å². The number of carbonyl (C=O) groups is 1. The summed E-state index contributed by atoms with van der Waals surface area (Å²) in [5.41, 5.74) is 0.976. The molecule has 1 amide bonds. The Bertz CT molecular complexity index is 921. The number of amides is 1. The quantitative estimate of drug-likeness (QED) is 0.703. The molecule has 4 aliphatic rings. The van der Waals surface area contributed by atoms with Crippen LogP contribution < -0.4 is 4.90 Å². The molecule has 5 nitrogen and oxygen atoms in total. The average molecular weight is 417 g/mol. The highest BCUT2D eigenvalue weighted by molar-refractivity contribution is 7.98. The molecule has 3 aliphatic heterocycles. The molecule has 0 bridgehead atoms. The van der Waals surface area contributed by atoms with Gasteiger partial charge >= 0.3 is 0 Å². The van der Waals surface area contributed by atoms with E-state index in [1.807, 2.05) is 23.1 Å². The first-order valence-electron chi connectivity index (χ1n) is 11.1. The predicted octanol–water partition coefficient (Wildman–Crippen LogP) is 3.70. The van der Waals surface area contributed by atoms with Crippen molar-refractivity contribution in [3.8, 4) is 0 Å². The summed E-state index contributed by atoms with van der Waals surface area (Å²) in [5.74, 6) is 4.90. The summed E-state index contributed by atoms with van der Waals surface area (Å²) in [6, 6.07) is 6.38. The third-order valence-corrected chi connectivity index (χ3v) is 9.66. The maximum Gasteiger partial charge on any atom is 0.263 e. The molecule has 0 radical (unpaired) electrons. The van der Waals surface area contributed by atoms with Crippen LogP contribution in [0.1, 0.15) is 64.4 Å². The highest BCUT2D eigenvalue weighted by Crippen LogP contribution is 2.50. The number of anilines is 1. The number of hydrogen-bond donors (Lipinski definition) is 0. The second-order valence-electron chi connectivity index (χ2n) is 9.45. The van der Waals surface area contributed by atoms with Crippen molar-refractivity contribution in [1.29, 1.82) is 0 Å². The second kappa shape index (κ2) is 6.82. The largest absolute Gasteiger partial charge is 0.360 e. The lowest BCUT2D eigenvalue weighted by molar-refractivity contribution is -0.137. The van der Waals surface area contributed by atoms with Gasteiger partial charge in [0.1, 0.15) is 0 Å². The van der Waals surface area contributed by atoms with Crippen LogP contribution in [0, 0.1) is 5.92 Å². The molecule has 29 heavy (non-hydrogen) atoms. The van der Waals surface area contributed by atoms with Crippen LogP contribution in [-0.2, 0) is 24.8 Å². The number of hydrogen-bond acceptors (Lipinski definition) is 3. The van der Waals surface area contributed by atoms with Gasteiger partial charge in [0, 0.05) is 35.7 Å². The van der Waals surface area contributed by atoms with Crippen molar-refractivity contribution in [1.82, 2.24) is 4.31 Å². The van der Waals surface area contributed by atoms with Crippen molar-refractivity contribution in [2.45, 2.75) is 81.4 Å². The molecule has 0 aromatic heterocycles. The van der Waals surface area contributed by atoms with Crippen LogP contribution in [0.2, 0.25) is 0 Å². The van der Waals surface area contributed by atoms with Gasteiger partial charge in [0.15, 0.2) is 5.60 Å². The van der Waals surface area contributed by atoms with E-state index in [0.29, 0.717) is 18.9 Å². The Kier molecular flexibility index (Phi) is 4.61. The zero-order valence-corrected chi connectivity index (χ0v) is 18.4. The van der Waals surface area contributed by atoms with Crippen LogP contribution in [0.3, 0.4) is 0 Å². The Morgan fingerprint density at radius 2 is 1.90 bits per heavy atom. The van der Waals surface area contributed by atoms with E-state index in [4.69, 9.17) is 4.74 Å². The lowest BCUT2D eigenvalue weighted by Gasteiger charge is -2.40. The van der Waals surface area contributed by atoms with Crippen LogP contribution in [0.15, 0.2) is 23.1 Å². The molecule has 1 spiro atoms. The van der Waals surface area contributed by atoms with E-state index in [2.05, 4.69) is 24.0 Å². The minimum absolute atomic E-state index is 0.0734. The van der Waals surface area contributed by atoms with Crippen molar-refractivity contribution in [2.75, 3.05) is 18.1 Å². The maximum atomic E-state index is 14.0. The van der Waals surface area contributed by atoms with Gasteiger partial charge in [-0.3, -0.25) is 4.79 Å². The van der Waals surface area contributed by atoms with Crippen LogP contribution in [0.4, 0.5) is 5.69 Å². The molecule has 0 N–H and O–H groups in total. The molecule has 6 heteroatoms. The Balaban J connectivity index is 1.58. The van der Waals surface area contributed by atoms with E-state index >= 15 is 0 Å².